The summed E-state index contributed by atoms with van der Waals surface area (Å²) in [6.07, 6.45) is 0. The molecule has 0 aliphatic carbocycles. The summed E-state index contributed by atoms with van der Waals surface area (Å²) in [6, 6.07) is 6.03. The first kappa shape index (κ1) is 21.1. The summed E-state index contributed by atoms with van der Waals surface area (Å²) in [7, 11) is 1.43. The molecule has 1 amide bonds. The van der Waals surface area contributed by atoms with Gasteiger partial charge in [0.25, 0.3) is 11.6 Å². The second-order valence-electron chi connectivity index (χ2n) is 6.76. The maximum atomic E-state index is 12.2. The maximum absolute atomic E-state index is 12.2. The van der Waals surface area contributed by atoms with Crippen molar-refractivity contribution < 1.29 is 24.0 Å². The van der Waals surface area contributed by atoms with E-state index in [0.29, 0.717) is 32.0 Å². The number of nitriles is 1. The number of hydrogen-bond acceptors (Lipinski definition) is 8. The van der Waals surface area contributed by atoms with Crippen molar-refractivity contribution in [2.45, 2.75) is 19.4 Å². The topological polar surface area (TPSA) is 126 Å². The van der Waals surface area contributed by atoms with Gasteiger partial charge in [0.2, 0.25) is 0 Å². The third-order valence-electron chi connectivity index (χ3n) is 4.57. The van der Waals surface area contributed by atoms with Crippen molar-refractivity contribution in [1.82, 2.24) is 4.90 Å². The highest BCUT2D eigenvalue weighted by molar-refractivity contribution is 5.93. The minimum Gasteiger partial charge on any atom is -0.452 e. The number of nitrogens with zero attached hydrogens (tertiary/aromatic N) is 4. The highest BCUT2D eigenvalue weighted by Crippen LogP contribution is 2.30. The minimum absolute atomic E-state index is 0.0290. The molecule has 0 unspecified atom stereocenters. The fourth-order valence-electron chi connectivity index (χ4n) is 2.56. The standard InChI is InChI=1S/C18H22N4O6/c1-18(2,12-19)20(3)16(23)11-28-17(24)13-4-5-14(15(10-13)22(25)26)21-6-8-27-9-7-21/h4-5,10H,6-9,11H2,1-3H3. The van der Waals surface area contributed by atoms with Crippen LogP contribution in [0, 0.1) is 21.4 Å². The SMILES string of the molecule is CN(C(=O)COC(=O)c1ccc(N2CCOCC2)c([N+](=O)[O-])c1)C(C)(C)C#N. The lowest BCUT2D eigenvalue weighted by molar-refractivity contribution is -0.384. The molecule has 1 aliphatic rings. The van der Waals surface area contributed by atoms with Crippen LogP contribution in [0.2, 0.25) is 0 Å². The van der Waals surface area contributed by atoms with Crippen LogP contribution in [-0.2, 0) is 14.3 Å². The number of carbonyl (C=O) groups excluding carboxylic acids is 2. The molecule has 2 rings (SSSR count). The van der Waals surface area contributed by atoms with Crippen molar-refractivity contribution in [3.63, 3.8) is 0 Å². The van der Waals surface area contributed by atoms with Gasteiger partial charge in [-0.15, -0.1) is 0 Å². The number of amides is 1. The molecule has 1 aliphatic heterocycles. The lowest BCUT2D eigenvalue weighted by Gasteiger charge is -2.29. The summed E-state index contributed by atoms with van der Waals surface area (Å²) < 4.78 is 10.2. The number of carbonyl (C=O) groups is 2. The first-order chi connectivity index (χ1) is 13.2. The van der Waals surface area contributed by atoms with Gasteiger partial charge in [-0.1, -0.05) is 0 Å². The largest absolute Gasteiger partial charge is 0.452 e. The Balaban J connectivity index is 2.11. The third-order valence-corrected chi connectivity index (χ3v) is 4.57. The van der Waals surface area contributed by atoms with Gasteiger partial charge in [-0.25, -0.2) is 4.79 Å². The van der Waals surface area contributed by atoms with E-state index < -0.39 is 28.9 Å². The molecule has 1 fully saturated rings. The van der Waals surface area contributed by atoms with Gasteiger partial charge in [0.1, 0.15) is 11.2 Å². The summed E-state index contributed by atoms with van der Waals surface area (Å²) in [4.78, 5) is 38.2. The average Bonchev–Trinajstić information content (AvgIpc) is 2.71. The Hall–Kier alpha value is -3.19. The molecule has 0 N–H and O–H groups in total. The number of esters is 1. The molecule has 0 spiro atoms. The number of nitro benzene ring substituents is 1. The molecule has 0 radical (unpaired) electrons. The highest BCUT2D eigenvalue weighted by Gasteiger charge is 2.28. The van der Waals surface area contributed by atoms with Gasteiger partial charge >= 0.3 is 5.97 Å². The molecule has 1 heterocycles. The lowest BCUT2D eigenvalue weighted by atomic mass is 10.1. The fraction of sp³-hybridized carbons (Fsp3) is 0.500. The van der Waals surface area contributed by atoms with Crippen molar-refractivity contribution in [2.24, 2.45) is 0 Å². The molecule has 28 heavy (non-hydrogen) atoms. The van der Waals surface area contributed by atoms with E-state index in [1.54, 1.807) is 13.8 Å². The van der Waals surface area contributed by atoms with E-state index in [2.05, 4.69) is 0 Å². The van der Waals surface area contributed by atoms with Crippen LogP contribution in [0.5, 0.6) is 0 Å². The van der Waals surface area contributed by atoms with Gasteiger partial charge in [0.15, 0.2) is 6.61 Å². The fourth-order valence-corrected chi connectivity index (χ4v) is 2.56. The molecule has 0 saturated carbocycles. The van der Waals surface area contributed by atoms with Gasteiger partial charge in [0.05, 0.1) is 29.8 Å². The number of ether oxygens (including phenoxy) is 2. The smallest absolute Gasteiger partial charge is 0.338 e. The van der Waals surface area contributed by atoms with Crippen LogP contribution in [0.1, 0.15) is 24.2 Å². The minimum atomic E-state index is -1.05. The predicted octanol–water partition coefficient (Wildman–Crippen LogP) is 1.35. The van der Waals surface area contributed by atoms with E-state index in [1.165, 1.54) is 24.1 Å². The normalized spacial score (nSPS) is 14.1. The molecule has 10 nitrogen and oxygen atoms in total. The van der Waals surface area contributed by atoms with Crippen LogP contribution in [-0.4, -0.2) is 67.2 Å². The van der Waals surface area contributed by atoms with Crippen LogP contribution < -0.4 is 4.90 Å². The van der Waals surface area contributed by atoms with Gasteiger partial charge in [-0.05, 0) is 26.0 Å². The van der Waals surface area contributed by atoms with Gasteiger partial charge in [0, 0.05) is 26.2 Å². The van der Waals surface area contributed by atoms with E-state index >= 15 is 0 Å². The Morgan fingerprint density at radius 3 is 2.61 bits per heavy atom. The molecule has 1 aromatic rings. The van der Waals surface area contributed by atoms with Crippen molar-refractivity contribution in [2.75, 3.05) is 44.9 Å². The lowest BCUT2D eigenvalue weighted by Crippen LogP contribution is -2.45. The van der Waals surface area contributed by atoms with E-state index in [1.807, 2.05) is 11.0 Å². The second kappa shape index (κ2) is 8.67. The Kier molecular flexibility index (Phi) is 6.53. The molecular formula is C18H22N4O6. The van der Waals surface area contributed by atoms with E-state index in [-0.39, 0.29) is 11.3 Å². The van der Waals surface area contributed by atoms with Crippen LogP contribution in [0.25, 0.3) is 0 Å². The maximum Gasteiger partial charge on any atom is 0.338 e. The molecule has 1 saturated heterocycles. The summed E-state index contributed by atoms with van der Waals surface area (Å²) in [6.45, 7) is 4.51. The molecule has 0 atom stereocenters. The summed E-state index contributed by atoms with van der Waals surface area (Å²) in [5.41, 5.74) is -0.900. The summed E-state index contributed by atoms with van der Waals surface area (Å²) >= 11 is 0. The molecule has 0 aromatic heterocycles. The zero-order valence-corrected chi connectivity index (χ0v) is 16.0. The number of anilines is 1. The predicted molar refractivity (Wildman–Crippen MR) is 98.9 cm³/mol. The van der Waals surface area contributed by atoms with Gasteiger partial charge in [-0.3, -0.25) is 14.9 Å². The first-order valence-corrected chi connectivity index (χ1v) is 8.63. The van der Waals surface area contributed by atoms with Crippen molar-refractivity contribution in [3.05, 3.63) is 33.9 Å². The average molecular weight is 390 g/mol. The Labute approximate surface area is 162 Å². The number of benzene rings is 1. The molecule has 150 valence electrons. The third kappa shape index (κ3) is 4.75. The van der Waals surface area contributed by atoms with Crippen LogP contribution in [0.15, 0.2) is 18.2 Å². The van der Waals surface area contributed by atoms with Gasteiger partial charge in [-0.2, -0.15) is 5.26 Å². The number of hydrogen-bond donors (Lipinski definition) is 0. The van der Waals surface area contributed by atoms with Crippen molar-refractivity contribution >= 4 is 23.3 Å². The van der Waals surface area contributed by atoms with Crippen LogP contribution in [0.3, 0.4) is 0 Å². The van der Waals surface area contributed by atoms with E-state index in [4.69, 9.17) is 14.7 Å². The van der Waals surface area contributed by atoms with E-state index in [0.717, 1.165) is 6.07 Å². The van der Waals surface area contributed by atoms with E-state index in [9.17, 15) is 19.7 Å². The van der Waals surface area contributed by atoms with Crippen molar-refractivity contribution in [1.29, 1.82) is 5.26 Å². The number of morpholine rings is 1. The molecular weight excluding hydrogens is 368 g/mol. The van der Waals surface area contributed by atoms with Crippen LogP contribution in [0.4, 0.5) is 11.4 Å². The molecule has 10 heteroatoms. The number of likely N-dealkylation sites (N-methyl/N-ethyl adjacent to an activating group) is 1. The second-order valence-corrected chi connectivity index (χ2v) is 6.76. The summed E-state index contributed by atoms with van der Waals surface area (Å²) in [5.74, 6) is -1.41. The first-order valence-electron chi connectivity index (χ1n) is 8.63. The van der Waals surface area contributed by atoms with Gasteiger partial charge < -0.3 is 19.3 Å². The molecule has 1 aromatic carbocycles. The highest BCUT2D eigenvalue weighted by atomic mass is 16.6. The monoisotopic (exact) mass is 390 g/mol. The quantitative estimate of drug-likeness (QED) is 0.405. The summed E-state index contributed by atoms with van der Waals surface area (Å²) in [5, 5.41) is 20.5. The molecule has 0 bridgehead atoms. The zero-order chi connectivity index (χ0) is 20.9. The Morgan fingerprint density at radius 2 is 2.04 bits per heavy atom. The number of rotatable bonds is 6. The van der Waals surface area contributed by atoms with Crippen LogP contribution >= 0.6 is 0 Å². The number of nitro groups is 1. The Morgan fingerprint density at radius 1 is 1.39 bits per heavy atom. The Bertz CT molecular complexity index is 811. The zero-order valence-electron chi connectivity index (χ0n) is 16.0. The van der Waals surface area contributed by atoms with Crippen molar-refractivity contribution in [3.8, 4) is 6.07 Å².